The molecule has 0 aliphatic heterocycles. The van der Waals surface area contributed by atoms with E-state index in [1.807, 2.05) is 0 Å². The minimum absolute atomic E-state index is 0.0451. The molecule has 55 heavy (non-hydrogen) atoms. The molecule has 320 valence electrons. The third kappa shape index (κ3) is 35.5. The fraction of sp³-hybridized carbons (Fsp3) is 0.861. The molecule has 0 bridgehead atoms. The topological polar surface area (TPSA) is 201 Å². The zero-order valence-corrected chi connectivity index (χ0v) is 34.0. The highest BCUT2D eigenvalue weighted by molar-refractivity contribution is 6.17. The molecule has 3 amide bonds. The van der Waals surface area contributed by atoms with Crippen molar-refractivity contribution in [1.82, 2.24) is 30.9 Å². The molecule has 1 rings (SSSR count). The standard InChI is InChI=1S/C36H67ClN6O12/c1-36(2,3)55-35(46)40-13-18-50-23-25-52-27-24-51-19-14-43-30-32(41-42-43)8-9-33(44)38-11-16-48-22-26-53-28-29-54-31-34(45)39-12-17-49-21-20-47-15-7-5-4-6-10-37/h30H,4-29,31H2,1-3H3,(H,38,44)(H,39,45)(H,40,46). The molecule has 0 saturated heterocycles. The van der Waals surface area contributed by atoms with E-state index in [4.69, 9.17) is 54.2 Å². The SMILES string of the molecule is CC(C)(C)OC(=O)NCCOCCOCCOCCn1cc(CCC(=O)NCCOCCOCCOCC(=O)NCCOCCOCCCCCCCl)nn1. The van der Waals surface area contributed by atoms with Gasteiger partial charge in [-0.05, 0) is 33.6 Å². The van der Waals surface area contributed by atoms with Gasteiger partial charge in [-0.3, -0.25) is 9.59 Å². The van der Waals surface area contributed by atoms with Crippen molar-refractivity contribution >= 4 is 29.5 Å². The molecule has 0 atom stereocenters. The van der Waals surface area contributed by atoms with Crippen molar-refractivity contribution in [1.29, 1.82) is 0 Å². The van der Waals surface area contributed by atoms with E-state index >= 15 is 0 Å². The van der Waals surface area contributed by atoms with Gasteiger partial charge in [-0.15, -0.1) is 16.7 Å². The number of carbonyl (C=O) groups is 3. The summed E-state index contributed by atoms with van der Waals surface area (Å²) in [6.45, 7) is 13.5. The first-order valence-electron chi connectivity index (χ1n) is 19.3. The summed E-state index contributed by atoms with van der Waals surface area (Å²) in [6, 6.07) is 0. The smallest absolute Gasteiger partial charge is 0.407 e. The summed E-state index contributed by atoms with van der Waals surface area (Å²) in [7, 11) is 0. The highest BCUT2D eigenvalue weighted by Crippen LogP contribution is 2.06. The number of aryl methyl sites for hydroxylation is 1. The van der Waals surface area contributed by atoms with Crippen molar-refractivity contribution in [2.75, 3.05) is 131 Å². The van der Waals surface area contributed by atoms with Crippen molar-refractivity contribution in [3.05, 3.63) is 11.9 Å². The number of rotatable bonds is 38. The van der Waals surface area contributed by atoms with Crippen LogP contribution in [0.4, 0.5) is 4.79 Å². The van der Waals surface area contributed by atoms with E-state index in [1.165, 1.54) is 0 Å². The Kier molecular flexibility index (Phi) is 32.7. The quantitative estimate of drug-likeness (QED) is 0.0646. The summed E-state index contributed by atoms with van der Waals surface area (Å²) in [5.41, 5.74) is 0.193. The third-order valence-electron chi connectivity index (χ3n) is 6.98. The number of carbonyl (C=O) groups excluding carboxylic acids is 3. The molecule has 0 unspecified atom stereocenters. The first-order chi connectivity index (χ1) is 26.7. The molecule has 0 saturated carbocycles. The van der Waals surface area contributed by atoms with Crippen LogP contribution in [0.3, 0.4) is 0 Å². The van der Waals surface area contributed by atoms with Crippen molar-refractivity contribution in [3.8, 4) is 0 Å². The molecular weight excluding hydrogens is 744 g/mol. The Hall–Kier alpha value is -2.68. The van der Waals surface area contributed by atoms with E-state index in [0.717, 1.165) is 38.0 Å². The number of unbranched alkanes of at least 4 members (excludes halogenated alkanes) is 3. The second-order valence-electron chi connectivity index (χ2n) is 13.0. The van der Waals surface area contributed by atoms with Gasteiger partial charge in [0.1, 0.15) is 12.2 Å². The summed E-state index contributed by atoms with van der Waals surface area (Å²) >= 11 is 5.65. The highest BCUT2D eigenvalue weighted by atomic mass is 35.5. The number of alkyl halides is 1. The Balaban J connectivity index is 1.83. The molecular formula is C36H67ClN6O12. The molecule has 3 N–H and O–H groups in total. The average Bonchev–Trinajstić information content (AvgIpc) is 3.60. The Bertz CT molecular complexity index is 1080. The number of hydrogen-bond acceptors (Lipinski definition) is 14. The number of aromatic nitrogens is 3. The Labute approximate surface area is 331 Å². The predicted octanol–water partition coefficient (Wildman–Crippen LogP) is 1.90. The fourth-order valence-electron chi connectivity index (χ4n) is 4.29. The van der Waals surface area contributed by atoms with E-state index in [-0.39, 0.29) is 24.8 Å². The van der Waals surface area contributed by atoms with Crippen LogP contribution in [0.1, 0.15) is 58.6 Å². The van der Waals surface area contributed by atoms with Crippen molar-refractivity contribution < 1.29 is 57.0 Å². The number of nitrogens with zero attached hydrogens (tertiary/aromatic N) is 3. The monoisotopic (exact) mass is 810 g/mol. The normalized spacial score (nSPS) is 11.5. The van der Waals surface area contributed by atoms with Gasteiger partial charge in [-0.25, -0.2) is 9.48 Å². The molecule has 18 nitrogen and oxygen atoms in total. The van der Waals surface area contributed by atoms with Gasteiger partial charge in [-0.2, -0.15) is 0 Å². The maximum absolute atomic E-state index is 12.2. The summed E-state index contributed by atoms with van der Waals surface area (Å²) in [4.78, 5) is 35.5. The van der Waals surface area contributed by atoms with E-state index < -0.39 is 11.7 Å². The van der Waals surface area contributed by atoms with Gasteiger partial charge in [0.2, 0.25) is 11.8 Å². The molecule has 0 radical (unpaired) electrons. The van der Waals surface area contributed by atoms with E-state index in [0.29, 0.717) is 131 Å². The van der Waals surface area contributed by atoms with Crippen molar-refractivity contribution in [2.24, 2.45) is 0 Å². The lowest BCUT2D eigenvalue weighted by Crippen LogP contribution is -2.34. The minimum atomic E-state index is -0.529. The maximum Gasteiger partial charge on any atom is 0.407 e. The van der Waals surface area contributed by atoms with Crippen LogP contribution in [0.25, 0.3) is 0 Å². The zero-order valence-electron chi connectivity index (χ0n) is 33.3. The Morgan fingerprint density at radius 1 is 0.618 bits per heavy atom. The number of nitrogens with one attached hydrogen (secondary N) is 3. The van der Waals surface area contributed by atoms with Crippen molar-refractivity contribution in [2.45, 2.75) is 71.4 Å². The van der Waals surface area contributed by atoms with Crippen LogP contribution in [0, 0.1) is 0 Å². The third-order valence-corrected chi connectivity index (χ3v) is 7.24. The minimum Gasteiger partial charge on any atom is -0.444 e. The molecule has 1 aromatic heterocycles. The fourth-order valence-corrected chi connectivity index (χ4v) is 4.48. The molecule has 1 aromatic rings. The predicted molar refractivity (Wildman–Crippen MR) is 204 cm³/mol. The summed E-state index contributed by atoms with van der Waals surface area (Å²) in [6.07, 6.45) is 6.44. The summed E-state index contributed by atoms with van der Waals surface area (Å²) < 4.78 is 50.5. The lowest BCUT2D eigenvalue weighted by molar-refractivity contribution is -0.126. The molecule has 0 spiro atoms. The molecule has 19 heteroatoms. The number of halogens is 1. The largest absolute Gasteiger partial charge is 0.444 e. The Morgan fingerprint density at radius 3 is 1.69 bits per heavy atom. The van der Waals surface area contributed by atoms with Crippen LogP contribution >= 0.6 is 11.6 Å². The van der Waals surface area contributed by atoms with Crippen LogP contribution in [0.2, 0.25) is 0 Å². The summed E-state index contributed by atoms with van der Waals surface area (Å²) in [5.74, 6) is 0.407. The molecule has 0 aliphatic rings. The second-order valence-corrected chi connectivity index (χ2v) is 13.4. The van der Waals surface area contributed by atoms with Crippen LogP contribution < -0.4 is 16.0 Å². The van der Waals surface area contributed by atoms with E-state index in [1.54, 1.807) is 31.6 Å². The number of hydrogen-bond donors (Lipinski definition) is 3. The average molecular weight is 811 g/mol. The first kappa shape index (κ1) is 50.3. The van der Waals surface area contributed by atoms with Gasteiger partial charge < -0.3 is 58.6 Å². The summed E-state index contributed by atoms with van der Waals surface area (Å²) in [5, 5.41) is 16.4. The van der Waals surface area contributed by atoms with E-state index in [2.05, 4.69) is 26.3 Å². The van der Waals surface area contributed by atoms with Gasteiger partial charge in [0, 0.05) is 51.2 Å². The van der Waals surface area contributed by atoms with Crippen LogP contribution in [0.5, 0.6) is 0 Å². The second kappa shape index (κ2) is 35.7. The van der Waals surface area contributed by atoms with Gasteiger partial charge >= 0.3 is 6.09 Å². The molecule has 1 heterocycles. The number of amides is 3. The van der Waals surface area contributed by atoms with Crippen molar-refractivity contribution in [3.63, 3.8) is 0 Å². The van der Waals surface area contributed by atoms with E-state index in [9.17, 15) is 14.4 Å². The zero-order chi connectivity index (χ0) is 40.1. The molecule has 0 aromatic carbocycles. The van der Waals surface area contributed by atoms with Crippen LogP contribution in [-0.4, -0.2) is 170 Å². The van der Waals surface area contributed by atoms with Gasteiger partial charge in [0.05, 0.1) is 105 Å². The Morgan fingerprint density at radius 2 is 1.11 bits per heavy atom. The maximum atomic E-state index is 12.2. The molecule has 0 aliphatic carbocycles. The van der Waals surface area contributed by atoms with Crippen LogP contribution in [-0.2, 0) is 65.2 Å². The lowest BCUT2D eigenvalue weighted by atomic mass is 10.2. The number of alkyl carbamates (subject to hydrolysis) is 1. The van der Waals surface area contributed by atoms with Gasteiger partial charge in [0.25, 0.3) is 0 Å². The number of ether oxygens (including phenoxy) is 9. The van der Waals surface area contributed by atoms with Gasteiger partial charge in [0.15, 0.2) is 0 Å². The highest BCUT2D eigenvalue weighted by Gasteiger charge is 2.15. The van der Waals surface area contributed by atoms with Gasteiger partial charge in [-0.1, -0.05) is 18.1 Å². The lowest BCUT2D eigenvalue weighted by Gasteiger charge is -2.19. The first-order valence-corrected chi connectivity index (χ1v) is 19.8. The van der Waals surface area contributed by atoms with Crippen LogP contribution in [0.15, 0.2) is 6.20 Å². The molecule has 0 fully saturated rings.